The zero-order valence-corrected chi connectivity index (χ0v) is 6.47. The van der Waals surface area contributed by atoms with Crippen molar-refractivity contribution in [3.63, 3.8) is 0 Å². The largest absolute Gasteiger partial charge is 0.361 e. The number of aromatic nitrogens is 1. The average molecular weight is 161 g/mol. The molecule has 0 aliphatic heterocycles. The Morgan fingerprint density at radius 2 is 2.17 bits per heavy atom. The summed E-state index contributed by atoms with van der Waals surface area (Å²) in [5, 5.41) is 1.01. The molecule has 1 aromatic carbocycles. The van der Waals surface area contributed by atoms with Crippen molar-refractivity contribution in [3.8, 4) is 0 Å². The van der Waals surface area contributed by atoms with Crippen LogP contribution in [0.25, 0.3) is 16.7 Å². The van der Waals surface area contributed by atoms with Crippen LogP contribution in [0.3, 0.4) is 0 Å². The number of rotatable bonds is 1. The maximum absolute atomic E-state index is 12.7. The molecule has 0 atom stereocenters. The Bertz CT molecular complexity index is 428. The van der Waals surface area contributed by atoms with Gasteiger partial charge in [-0.15, -0.1) is 0 Å². The van der Waals surface area contributed by atoms with E-state index in [0.717, 1.165) is 10.9 Å². The lowest BCUT2D eigenvalue weighted by Crippen LogP contribution is -1.75. The van der Waals surface area contributed by atoms with Gasteiger partial charge in [-0.25, -0.2) is 4.39 Å². The molecule has 0 amide bonds. The highest BCUT2D eigenvalue weighted by Gasteiger charge is 1.98. The van der Waals surface area contributed by atoms with E-state index >= 15 is 0 Å². The molecule has 1 heterocycles. The quantitative estimate of drug-likeness (QED) is 0.661. The van der Waals surface area contributed by atoms with Crippen LogP contribution in [-0.2, 0) is 0 Å². The number of benzene rings is 1. The number of nitrogens with one attached hydrogen (secondary N) is 1. The molecule has 60 valence electrons. The molecule has 0 unspecified atom stereocenters. The van der Waals surface area contributed by atoms with Crippen molar-refractivity contribution in [3.05, 3.63) is 42.6 Å². The highest BCUT2D eigenvalue weighted by molar-refractivity contribution is 5.82. The van der Waals surface area contributed by atoms with Gasteiger partial charge in [0.2, 0.25) is 0 Å². The van der Waals surface area contributed by atoms with Crippen LogP contribution in [0.15, 0.2) is 37.0 Å². The minimum atomic E-state index is -0.391. The molecule has 1 nitrogen and oxygen atoms in total. The topological polar surface area (TPSA) is 15.8 Å². The highest BCUT2D eigenvalue weighted by atomic mass is 19.1. The van der Waals surface area contributed by atoms with Gasteiger partial charge in [-0.05, 0) is 24.3 Å². The van der Waals surface area contributed by atoms with Crippen LogP contribution in [0.5, 0.6) is 0 Å². The number of aromatic amines is 1. The predicted octanol–water partition coefficient (Wildman–Crippen LogP) is 3.11. The van der Waals surface area contributed by atoms with Crippen LogP contribution in [0.2, 0.25) is 0 Å². The monoisotopic (exact) mass is 161 g/mol. The summed E-state index contributed by atoms with van der Waals surface area (Å²) >= 11 is 0. The van der Waals surface area contributed by atoms with Crippen molar-refractivity contribution in [1.29, 1.82) is 0 Å². The van der Waals surface area contributed by atoms with Gasteiger partial charge in [0.15, 0.2) is 0 Å². The number of H-pyrrole nitrogens is 1. The summed E-state index contributed by atoms with van der Waals surface area (Å²) < 4.78 is 12.7. The van der Waals surface area contributed by atoms with Gasteiger partial charge >= 0.3 is 0 Å². The van der Waals surface area contributed by atoms with Crippen LogP contribution in [0.1, 0.15) is 5.56 Å². The van der Waals surface area contributed by atoms with Gasteiger partial charge in [-0.3, -0.25) is 0 Å². The second-order valence-corrected chi connectivity index (χ2v) is 2.68. The Hall–Kier alpha value is -1.57. The fourth-order valence-corrected chi connectivity index (χ4v) is 1.22. The van der Waals surface area contributed by atoms with Crippen LogP contribution >= 0.6 is 0 Å². The summed E-state index contributed by atoms with van der Waals surface area (Å²) in [6.07, 6.45) is 1.83. The van der Waals surface area contributed by atoms with Crippen LogP contribution < -0.4 is 0 Å². The third-order valence-electron chi connectivity index (χ3n) is 1.87. The first-order valence-corrected chi connectivity index (χ1v) is 3.69. The van der Waals surface area contributed by atoms with E-state index in [0.29, 0.717) is 5.56 Å². The molecule has 1 N–H and O–H groups in total. The number of hydrogen-bond acceptors (Lipinski definition) is 0. The van der Waals surface area contributed by atoms with Crippen LogP contribution in [-0.4, -0.2) is 4.98 Å². The molecule has 0 radical (unpaired) electrons. The van der Waals surface area contributed by atoms with E-state index < -0.39 is 5.83 Å². The van der Waals surface area contributed by atoms with Gasteiger partial charge in [-0.1, -0.05) is 6.58 Å². The van der Waals surface area contributed by atoms with Crippen molar-refractivity contribution in [1.82, 2.24) is 4.98 Å². The van der Waals surface area contributed by atoms with Gasteiger partial charge < -0.3 is 4.98 Å². The second kappa shape index (κ2) is 2.48. The summed E-state index contributed by atoms with van der Waals surface area (Å²) in [7, 11) is 0. The van der Waals surface area contributed by atoms with Crippen LogP contribution in [0, 0.1) is 0 Å². The lowest BCUT2D eigenvalue weighted by atomic mass is 10.1. The Labute approximate surface area is 69.5 Å². The molecule has 0 saturated heterocycles. The van der Waals surface area contributed by atoms with E-state index in [1.165, 1.54) is 0 Å². The number of hydrogen-bond donors (Lipinski definition) is 1. The van der Waals surface area contributed by atoms with Crippen molar-refractivity contribution in [2.45, 2.75) is 0 Å². The Balaban J connectivity index is 2.68. The van der Waals surface area contributed by atoms with Crippen molar-refractivity contribution in [2.24, 2.45) is 0 Å². The molecule has 0 fully saturated rings. The second-order valence-electron chi connectivity index (χ2n) is 2.68. The first kappa shape index (κ1) is 7.10. The van der Waals surface area contributed by atoms with E-state index in [2.05, 4.69) is 11.6 Å². The van der Waals surface area contributed by atoms with E-state index in [1.54, 1.807) is 12.1 Å². The third kappa shape index (κ3) is 1.01. The molecule has 12 heavy (non-hydrogen) atoms. The molecular formula is C10H8FN. The Kier molecular flexibility index (Phi) is 1.47. The zero-order valence-electron chi connectivity index (χ0n) is 6.47. The van der Waals surface area contributed by atoms with Gasteiger partial charge in [0.05, 0.1) is 0 Å². The van der Waals surface area contributed by atoms with Crippen molar-refractivity contribution < 1.29 is 4.39 Å². The van der Waals surface area contributed by atoms with E-state index in [1.807, 2.05) is 18.3 Å². The van der Waals surface area contributed by atoms with Crippen LogP contribution in [0.4, 0.5) is 4.39 Å². The average Bonchev–Trinajstić information content (AvgIpc) is 2.49. The maximum atomic E-state index is 12.7. The predicted molar refractivity (Wildman–Crippen MR) is 48.4 cm³/mol. The molecule has 2 heteroatoms. The summed E-state index contributed by atoms with van der Waals surface area (Å²) in [6.45, 7) is 3.24. The molecule has 0 saturated carbocycles. The van der Waals surface area contributed by atoms with Gasteiger partial charge in [0.25, 0.3) is 0 Å². The molecule has 2 rings (SSSR count). The number of halogens is 1. The zero-order chi connectivity index (χ0) is 8.55. The normalized spacial score (nSPS) is 10.4. The van der Waals surface area contributed by atoms with Crippen molar-refractivity contribution in [2.75, 3.05) is 0 Å². The van der Waals surface area contributed by atoms with Crippen molar-refractivity contribution >= 4 is 16.7 Å². The minimum Gasteiger partial charge on any atom is -0.361 e. The lowest BCUT2D eigenvalue weighted by Gasteiger charge is -1.95. The third-order valence-corrected chi connectivity index (χ3v) is 1.87. The Morgan fingerprint density at radius 3 is 2.92 bits per heavy atom. The smallest absolute Gasteiger partial charge is 0.123 e. The SMILES string of the molecule is C=C(F)c1ccc2[nH]ccc2c1. The molecule has 1 aromatic heterocycles. The van der Waals surface area contributed by atoms with Gasteiger partial charge in [0, 0.05) is 22.7 Å². The minimum absolute atomic E-state index is 0.391. The fourth-order valence-electron chi connectivity index (χ4n) is 1.22. The first-order valence-electron chi connectivity index (χ1n) is 3.69. The van der Waals surface area contributed by atoms with Gasteiger partial charge in [-0.2, -0.15) is 0 Å². The first-order chi connectivity index (χ1) is 5.77. The van der Waals surface area contributed by atoms with E-state index in [9.17, 15) is 4.39 Å². The highest BCUT2D eigenvalue weighted by Crippen LogP contribution is 2.19. The summed E-state index contributed by atoms with van der Waals surface area (Å²) in [6, 6.07) is 7.23. The summed E-state index contributed by atoms with van der Waals surface area (Å²) in [5.74, 6) is -0.391. The molecule has 0 spiro atoms. The Morgan fingerprint density at radius 1 is 1.33 bits per heavy atom. The lowest BCUT2D eigenvalue weighted by molar-refractivity contribution is 0.763. The maximum Gasteiger partial charge on any atom is 0.123 e. The standard InChI is InChI=1S/C10H8FN/c1-7(11)8-2-3-10-9(6-8)4-5-12-10/h2-6,12H,1H2. The molecule has 0 aliphatic carbocycles. The molecule has 0 bridgehead atoms. The molecule has 0 aliphatic rings. The summed E-state index contributed by atoms with van der Waals surface area (Å²) in [4.78, 5) is 3.03. The molecular weight excluding hydrogens is 153 g/mol. The van der Waals surface area contributed by atoms with E-state index in [-0.39, 0.29) is 0 Å². The van der Waals surface area contributed by atoms with E-state index in [4.69, 9.17) is 0 Å². The number of fused-ring (bicyclic) bond motifs is 1. The summed E-state index contributed by atoms with van der Waals surface area (Å²) in [5.41, 5.74) is 1.56. The van der Waals surface area contributed by atoms with Gasteiger partial charge in [0.1, 0.15) is 5.83 Å². The molecule has 2 aromatic rings. The fraction of sp³-hybridized carbons (Fsp3) is 0.